The molecule has 19 heavy (non-hydrogen) atoms. The van der Waals surface area contributed by atoms with Gasteiger partial charge in [0, 0.05) is 6.04 Å². The second kappa shape index (κ2) is 5.56. The lowest BCUT2D eigenvalue weighted by atomic mass is 9.83. The third kappa shape index (κ3) is 5.67. The van der Waals surface area contributed by atoms with Crippen LogP contribution in [0.4, 0.5) is 18.0 Å². The summed E-state index contributed by atoms with van der Waals surface area (Å²) >= 11 is 0. The molecule has 1 rings (SSSR count). The fourth-order valence-electron chi connectivity index (χ4n) is 2.15. The zero-order chi connectivity index (χ0) is 14.8. The number of aliphatic hydroxyl groups is 1. The zero-order valence-electron chi connectivity index (χ0n) is 11.3. The highest BCUT2D eigenvalue weighted by atomic mass is 19.4. The minimum atomic E-state index is -4.35. The predicted molar refractivity (Wildman–Crippen MR) is 62.6 cm³/mol. The van der Waals surface area contributed by atoms with Gasteiger partial charge in [-0.15, -0.1) is 0 Å². The number of alkyl halides is 3. The minimum Gasteiger partial charge on any atom is -0.444 e. The molecule has 3 atom stereocenters. The van der Waals surface area contributed by atoms with Gasteiger partial charge in [0.15, 0.2) is 0 Å². The lowest BCUT2D eigenvalue weighted by molar-refractivity contribution is -0.191. The first-order valence-corrected chi connectivity index (χ1v) is 6.21. The molecule has 112 valence electrons. The van der Waals surface area contributed by atoms with E-state index < -0.39 is 35.9 Å². The van der Waals surface area contributed by atoms with Crippen molar-refractivity contribution in [2.24, 2.45) is 5.92 Å². The van der Waals surface area contributed by atoms with Gasteiger partial charge >= 0.3 is 12.3 Å². The van der Waals surface area contributed by atoms with Gasteiger partial charge in [-0.05, 0) is 40.0 Å². The van der Waals surface area contributed by atoms with E-state index in [1.54, 1.807) is 20.8 Å². The van der Waals surface area contributed by atoms with Gasteiger partial charge in [-0.25, -0.2) is 4.79 Å². The van der Waals surface area contributed by atoms with Crippen LogP contribution in [0.2, 0.25) is 0 Å². The normalized spacial score (nSPS) is 28.9. The van der Waals surface area contributed by atoms with E-state index in [1.165, 1.54) is 0 Å². The van der Waals surface area contributed by atoms with Gasteiger partial charge in [0.25, 0.3) is 0 Å². The number of aliphatic hydroxyl groups excluding tert-OH is 1. The van der Waals surface area contributed by atoms with Crippen LogP contribution in [-0.4, -0.2) is 35.1 Å². The minimum absolute atomic E-state index is 0.117. The summed E-state index contributed by atoms with van der Waals surface area (Å²) < 4.78 is 42.9. The molecule has 0 aromatic rings. The summed E-state index contributed by atoms with van der Waals surface area (Å²) in [7, 11) is 0. The number of amides is 1. The predicted octanol–water partition coefficient (Wildman–Crippen LogP) is 2.60. The molecule has 7 heteroatoms. The molecule has 3 unspecified atom stereocenters. The number of hydrogen-bond donors (Lipinski definition) is 2. The van der Waals surface area contributed by atoms with Gasteiger partial charge in [-0.2, -0.15) is 13.2 Å². The Balaban J connectivity index is 2.56. The Morgan fingerprint density at radius 1 is 1.21 bits per heavy atom. The Morgan fingerprint density at radius 3 is 2.26 bits per heavy atom. The van der Waals surface area contributed by atoms with Crippen molar-refractivity contribution in [2.45, 2.75) is 64.0 Å². The molecule has 0 aliphatic heterocycles. The Morgan fingerprint density at radius 2 is 1.79 bits per heavy atom. The summed E-state index contributed by atoms with van der Waals surface area (Å²) in [5.74, 6) is -1.59. The largest absolute Gasteiger partial charge is 0.444 e. The van der Waals surface area contributed by atoms with Crippen molar-refractivity contribution in [3.63, 3.8) is 0 Å². The molecule has 0 spiro atoms. The molecule has 1 fully saturated rings. The second-order valence-corrected chi connectivity index (χ2v) is 5.94. The number of halogens is 3. The molecule has 2 N–H and O–H groups in total. The first kappa shape index (κ1) is 16.1. The lowest BCUT2D eigenvalue weighted by Gasteiger charge is -2.34. The van der Waals surface area contributed by atoms with E-state index in [9.17, 15) is 23.1 Å². The van der Waals surface area contributed by atoms with E-state index in [2.05, 4.69) is 5.32 Å². The summed E-state index contributed by atoms with van der Waals surface area (Å²) in [6, 6.07) is -0.717. The van der Waals surface area contributed by atoms with Crippen molar-refractivity contribution in [3.05, 3.63) is 0 Å². The van der Waals surface area contributed by atoms with E-state index in [0.29, 0.717) is 0 Å². The van der Waals surface area contributed by atoms with Crippen molar-refractivity contribution in [1.82, 2.24) is 5.32 Å². The molecular formula is C12H20F3NO3. The average Bonchev–Trinajstić information content (AvgIpc) is 2.11. The Kier molecular flexibility index (Phi) is 4.71. The highest BCUT2D eigenvalue weighted by Crippen LogP contribution is 2.37. The van der Waals surface area contributed by atoms with Crippen molar-refractivity contribution in [1.29, 1.82) is 0 Å². The molecular weight excluding hydrogens is 263 g/mol. The van der Waals surface area contributed by atoms with Crippen LogP contribution in [0, 0.1) is 5.92 Å². The molecule has 1 amide bonds. The van der Waals surface area contributed by atoms with E-state index >= 15 is 0 Å². The fourth-order valence-corrected chi connectivity index (χ4v) is 2.15. The maximum Gasteiger partial charge on any atom is 0.407 e. The molecule has 1 aliphatic carbocycles. The number of carbonyl (C=O) groups excluding carboxylic acids is 1. The third-order valence-electron chi connectivity index (χ3n) is 2.87. The molecule has 0 radical (unpaired) electrons. The molecule has 1 aliphatic rings. The van der Waals surface area contributed by atoms with Gasteiger partial charge in [0.05, 0.1) is 12.0 Å². The van der Waals surface area contributed by atoms with Gasteiger partial charge in [-0.1, -0.05) is 0 Å². The topological polar surface area (TPSA) is 58.6 Å². The maximum atomic E-state index is 12.6. The van der Waals surface area contributed by atoms with Crippen LogP contribution in [-0.2, 0) is 4.74 Å². The first-order valence-electron chi connectivity index (χ1n) is 6.21. The van der Waals surface area contributed by atoms with Crippen molar-refractivity contribution in [3.8, 4) is 0 Å². The van der Waals surface area contributed by atoms with E-state index in [4.69, 9.17) is 4.74 Å². The summed E-state index contributed by atoms with van der Waals surface area (Å²) in [5, 5.41) is 11.9. The lowest BCUT2D eigenvalue weighted by Crippen LogP contribution is -2.47. The smallest absolute Gasteiger partial charge is 0.407 e. The Labute approximate surface area is 110 Å². The molecule has 0 aromatic carbocycles. The van der Waals surface area contributed by atoms with Crippen LogP contribution in [0.25, 0.3) is 0 Å². The van der Waals surface area contributed by atoms with Gasteiger partial charge in [-0.3, -0.25) is 0 Å². The fraction of sp³-hybridized carbons (Fsp3) is 0.917. The monoisotopic (exact) mass is 283 g/mol. The van der Waals surface area contributed by atoms with Crippen molar-refractivity contribution in [2.75, 3.05) is 0 Å². The van der Waals surface area contributed by atoms with E-state index in [0.717, 1.165) is 0 Å². The summed E-state index contributed by atoms with van der Waals surface area (Å²) in [6.07, 6.45) is -6.58. The van der Waals surface area contributed by atoms with Crippen molar-refractivity contribution < 1.29 is 27.8 Å². The summed E-state index contributed by atoms with van der Waals surface area (Å²) in [6.45, 7) is 5.00. The number of nitrogens with one attached hydrogen (secondary N) is 1. The van der Waals surface area contributed by atoms with Crippen LogP contribution in [0.3, 0.4) is 0 Å². The molecule has 0 heterocycles. The van der Waals surface area contributed by atoms with Crippen LogP contribution < -0.4 is 5.32 Å². The zero-order valence-corrected chi connectivity index (χ0v) is 11.3. The van der Waals surface area contributed by atoms with Gasteiger partial charge < -0.3 is 15.2 Å². The average molecular weight is 283 g/mol. The highest BCUT2D eigenvalue weighted by molar-refractivity contribution is 5.68. The van der Waals surface area contributed by atoms with Gasteiger partial charge in [0.2, 0.25) is 0 Å². The Hall–Kier alpha value is -0.980. The van der Waals surface area contributed by atoms with Crippen LogP contribution in [0.5, 0.6) is 0 Å². The molecule has 0 saturated heterocycles. The van der Waals surface area contributed by atoms with Crippen LogP contribution in [0.15, 0.2) is 0 Å². The maximum absolute atomic E-state index is 12.6. The molecule has 0 aromatic heterocycles. The van der Waals surface area contributed by atoms with Gasteiger partial charge in [0.1, 0.15) is 5.60 Å². The number of rotatable bonds is 1. The second-order valence-electron chi connectivity index (χ2n) is 5.94. The third-order valence-corrected chi connectivity index (χ3v) is 2.87. The highest BCUT2D eigenvalue weighted by Gasteiger charge is 2.45. The van der Waals surface area contributed by atoms with Crippen LogP contribution in [0.1, 0.15) is 40.0 Å². The number of hydrogen-bond acceptors (Lipinski definition) is 3. The summed E-state index contributed by atoms with van der Waals surface area (Å²) in [5.41, 5.74) is -0.708. The summed E-state index contributed by atoms with van der Waals surface area (Å²) in [4.78, 5) is 11.5. The molecule has 0 bridgehead atoms. The molecule has 4 nitrogen and oxygen atoms in total. The standard InChI is InChI=1S/C12H20F3NO3/c1-11(2,3)19-10(18)16-8-4-7(12(13,14)15)5-9(17)6-8/h7-9,17H,4-6H2,1-3H3,(H,16,18). The SMILES string of the molecule is CC(C)(C)OC(=O)NC1CC(O)CC(C(F)(F)F)C1. The quantitative estimate of drug-likeness (QED) is 0.777. The van der Waals surface area contributed by atoms with Crippen LogP contribution >= 0.6 is 0 Å². The molecule has 1 saturated carbocycles. The van der Waals surface area contributed by atoms with Crippen molar-refractivity contribution >= 4 is 6.09 Å². The van der Waals surface area contributed by atoms with E-state index in [1.807, 2.05) is 0 Å². The number of alkyl carbamates (subject to hydrolysis) is 1. The number of ether oxygens (including phenoxy) is 1. The van der Waals surface area contributed by atoms with E-state index in [-0.39, 0.29) is 19.3 Å². The Bertz CT molecular complexity index is 325. The number of carbonyl (C=O) groups is 1. The first-order chi connectivity index (χ1) is 8.47.